The van der Waals surface area contributed by atoms with E-state index in [4.69, 9.17) is 10.8 Å². The molecule has 5 heteroatoms. The molecule has 96 valence electrons. The molecular formula is C13H18N4O. The van der Waals surface area contributed by atoms with E-state index < -0.39 is 0 Å². The van der Waals surface area contributed by atoms with Gasteiger partial charge in [-0.3, -0.25) is 0 Å². The molecule has 0 spiro atoms. The van der Waals surface area contributed by atoms with E-state index in [0.717, 1.165) is 10.9 Å². The van der Waals surface area contributed by atoms with Crippen LogP contribution < -0.4 is 11.1 Å². The molecule has 2 aromatic rings. The second kappa shape index (κ2) is 4.78. The van der Waals surface area contributed by atoms with Crippen LogP contribution in [0.1, 0.15) is 20.3 Å². The van der Waals surface area contributed by atoms with Gasteiger partial charge in [-0.1, -0.05) is 12.1 Å². The van der Waals surface area contributed by atoms with Gasteiger partial charge in [0.2, 0.25) is 5.95 Å². The summed E-state index contributed by atoms with van der Waals surface area (Å²) in [5, 5.41) is 13.3. The predicted molar refractivity (Wildman–Crippen MR) is 73.4 cm³/mol. The Balaban J connectivity index is 2.44. The molecular weight excluding hydrogens is 228 g/mol. The number of nitrogens with one attached hydrogen (secondary N) is 1. The van der Waals surface area contributed by atoms with E-state index in [1.165, 1.54) is 0 Å². The van der Waals surface area contributed by atoms with Crippen molar-refractivity contribution in [3.05, 3.63) is 24.3 Å². The van der Waals surface area contributed by atoms with Crippen molar-refractivity contribution in [1.82, 2.24) is 9.97 Å². The first-order chi connectivity index (χ1) is 8.52. The Hall–Kier alpha value is -1.88. The quantitative estimate of drug-likeness (QED) is 0.766. The first-order valence-corrected chi connectivity index (χ1v) is 5.93. The van der Waals surface area contributed by atoms with Crippen LogP contribution in [0, 0.1) is 0 Å². The lowest BCUT2D eigenvalue weighted by Gasteiger charge is -2.26. The Morgan fingerprint density at radius 3 is 2.72 bits per heavy atom. The van der Waals surface area contributed by atoms with Crippen LogP contribution >= 0.6 is 0 Å². The van der Waals surface area contributed by atoms with Gasteiger partial charge >= 0.3 is 0 Å². The topological polar surface area (TPSA) is 84.1 Å². The molecule has 18 heavy (non-hydrogen) atoms. The molecule has 1 aromatic carbocycles. The molecule has 1 heterocycles. The zero-order chi connectivity index (χ0) is 13.2. The van der Waals surface area contributed by atoms with Crippen LogP contribution in [0.3, 0.4) is 0 Å². The normalized spacial score (nSPS) is 11.7. The second-order valence-corrected chi connectivity index (χ2v) is 4.93. The van der Waals surface area contributed by atoms with E-state index in [1.54, 1.807) is 0 Å². The summed E-state index contributed by atoms with van der Waals surface area (Å²) in [6, 6.07) is 7.70. The number of nitrogens with two attached hydrogens (primary N) is 1. The number of hydrogen-bond donors (Lipinski definition) is 3. The molecule has 0 atom stereocenters. The SMILES string of the molecule is CC(C)(CCO)Nc1nc(N)nc2ccccc12. The third-order valence-corrected chi connectivity index (χ3v) is 2.81. The molecule has 0 aliphatic rings. The minimum atomic E-state index is -0.252. The number of aliphatic hydroxyl groups excluding tert-OH is 1. The Morgan fingerprint density at radius 2 is 2.00 bits per heavy atom. The third kappa shape index (κ3) is 2.68. The van der Waals surface area contributed by atoms with E-state index in [1.807, 2.05) is 38.1 Å². The first-order valence-electron chi connectivity index (χ1n) is 5.93. The van der Waals surface area contributed by atoms with Crippen LogP contribution in [-0.2, 0) is 0 Å². The number of benzene rings is 1. The number of anilines is 2. The average Bonchev–Trinajstić information content (AvgIpc) is 2.28. The fourth-order valence-corrected chi connectivity index (χ4v) is 1.85. The largest absolute Gasteiger partial charge is 0.396 e. The highest BCUT2D eigenvalue weighted by molar-refractivity contribution is 5.90. The van der Waals surface area contributed by atoms with E-state index in [9.17, 15) is 0 Å². The number of fused-ring (bicyclic) bond motifs is 1. The molecule has 0 amide bonds. The minimum Gasteiger partial charge on any atom is -0.396 e. The van der Waals surface area contributed by atoms with Gasteiger partial charge in [0.15, 0.2) is 0 Å². The van der Waals surface area contributed by atoms with E-state index in [-0.39, 0.29) is 18.1 Å². The Bertz CT molecular complexity index is 554. The van der Waals surface area contributed by atoms with Crippen LogP contribution in [0.2, 0.25) is 0 Å². The smallest absolute Gasteiger partial charge is 0.222 e. The maximum atomic E-state index is 9.05. The van der Waals surface area contributed by atoms with Crippen molar-refractivity contribution in [3.63, 3.8) is 0 Å². The minimum absolute atomic E-state index is 0.124. The molecule has 2 rings (SSSR count). The summed E-state index contributed by atoms with van der Waals surface area (Å²) in [5.41, 5.74) is 6.27. The number of para-hydroxylation sites is 1. The molecule has 0 aliphatic carbocycles. The summed E-state index contributed by atoms with van der Waals surface area (Å²) in [4.78, 5) is 8.43. The maximum absolute atomic E-state index is 9.05. The molecule has 0 saturated heterocycles. The molecule has 0 bridgehead atoms. The lowest BCUT2D eigenvalue weighted by molar-refractivity contribution is 0.260. The summed E-state index contributed by atoms with van der Waals surface area (Å²) in [7, 11) is 0. The van der Waals surface area contributed by atoms with Gasteiger partial charge in [0.25, 0.3) is 0 Å². The average molecular weight is 246 g/mol. The molecule has 0 radical (unpaired) electrons. The lowest BCUT2D eigenvalue weighted by atomic mass is 10.0. The summed E-state index contributed by atoms with van der Waals surface area (Å²) in [6.07, 6.45) is 0.630. The molecule has 0 saturated carbocycles. The zero-order valence-electron chi connectivity index (χ0n) is 10.6. The van der Waals surface area contributed by atoms with E-state index >= 15 is 0 Å². The highest BCUT2D eigenvalue weighted by atomic mass is 16.3. The highest BCUT2D eigenvalue weighted by Crippen LogP contribution is 2.24. The summed E-state index contributed by atoms with van der Waals surface area (Å²) >= 11 is 0. The van der Waals surface area contributed by atoms with E-state index in [0.29, 0.717) is 12.2 Å². The third-order valence-electron chi connectivity index (χ3n) is 2.81. The molecule has 0 unspecified atom stereocenters. The Kier molecular flexibility index (Phi) is 3.34. The fourth-order valence-electron chi connectivity index (χ4n) is 1.85. The van der Waals surface area contributed by atoms with Crippen LogP contribution in [0.5, 0.6) is 0 Å². The summed E-state index contributed by atoms with van der Waals surface area (Å²) in [5.74, 6) is 0.951. The van der Waals surface area contributed by atoms with Gasteiger partial charge < -0.3 is 16.2 Å². The van der Waals surface area contributed by atoms with Crippen LogP contribution in [-0.4, -0.2) is 27.2 Å². The van der Waals surface area contributed by atoms with Crippen molar-refractivity contribution in [3.8, 4) is 0 Å². The molecule has 1 aromatic heterocycles. The van der Waals surface area contributed by atoms with Crippen LogP contribution in [0.4, 0.5) is 11.8 Å². The van der Waals surface area contributed by atoms with Crippen molar-refractivity contribution in [2.24, 2.45) is 0 Å². The van der Waals surface area contributed by atoms with Gasteiger partial charge in [-0.2, -0.15) is 4.98 Å². The zero-order valence-corrected chi connectivity index (χ0v) is 10.6. The van der Waals surface area contributed by atoms with Crippen molar-refractivity contribution in [2.75, 3.05) is 17.7 Å². The number of nitrogens with zero attached hydrogens (tertiary/aromatic N) is 2. The van der Waals surface area contributed by atoms with Crippen molar-refractivity contribution in [2.45, 2.75) is 25.8 Å². The monoisotopic (exact) mass is 246 g/mol. The van der Waals surface area contributed by atoms with Crippen molar-refractivity contribution in [1.29, 1.82) is 0 Å². The molecule has 0 fully saturated rings. The van der Waals surface area contributed by atoms with Crippen molar-refractivity contribution < 1.29 is 5.11 Å². The highest BCUT2D eigenvalue weighted by Gasteiger charge is 2.19. The predicted octanol–water partition coefficient (Wildman–Crippen LogP) is 1.78. The fraction of sp³-hybridized carbons (Fsp3) is 0.385. The first kappa shape index (κ1) is 12.6. The maximum Gasteiger partial charge on any atom is 0.222 e. The standard InChI is InChI=1S/C13H18N4O/c1-13(2,7-8-18)17-11-9-5-3-4-6-10(9)15-12(14)16-11/h3-6,18H,7-8H2,1-2H3,(H3,14,15,16,17). The van der Waals surface area contributed by atoms with Gasteiger partial charge in [-0.15, -0.1) is 0 Å². The van der Waals surface area contributed by atoms with Crippen molar-refractivity contribution >= 4 is 22.7 Å². The van der Waals surface area contributed by atoms with Crippen LogP contribution in [0.25, 0.3) is 10.9 Å². The summed E-state index contributed by atoms with van der Waals surface area (Å²) < 4.78 is 0. The number of aliphatic hydroxyl groups is 1. The number of hydrogen-bond acceptors (Lipinski definition) is 5. The number of rotatable bonds is 4. The number of aromatic nitrogens is 2. The van der Waals surface area contributed by atoms with E-state index in [2.05, 4.69) is 15.3 Å². The Labute approximate surface area is 106 Å². The van der Waals surface area contributed by atoms with Gasteiger partial charge in [-0.25, -0.2) is 4.98 Å². The molecule has 0 aliphatic heterocycles. The van der Waals surface area contributed by atoms with Gasteiger partial charge in [0.1, 0.15) is 5.82 Å². The van der Waals surface area contributed by atoms with Crippen LogP contribution in [0.15, 0.2) is 24.3 Å². The molecule has 4 N–H and O–H groups in total. The molecule has 5 nitrogen and oxygen atoms in total. The van der Waals surface area contributed by atoms with Gasteiger partial charge in [-0.05, 0) is 32.4 Å². The van der Waals surface area contributed by atoms with Gasteiger partial charge in [0.05, 0.1) is 5.52 Å². The lowest BCUT2D eigenvalue weighted by Crippen LogP contribution is -2.32. The Morgan fingerprint density at radius 1 is 1.28 bits per heavy atom. The number of nitrogen functional groups attached to an aromatic ring is 1. The second-order valence-electron chi connectivity index (χ2n) is 4.93. The summed E-state index contributed by atoms with van der Waals surface area (Å²) in [6.45, 7) is 4.14. The van der Waals surface area contributed by atoms with Gasteiger partial charge in [0, 0.05) is 17.5 Å².